The predicted octanol–water partition coefficient (Wildman–Crippen LogP) is 1.53. The molecule has 0 aromatic carbocycles. The lowest BCUT2D eigenvalue weighted by Gasteiger charge is -2.02. The number of furan rings is 1. The van der Waals surface area contributed by atoms with Gasteiger partial charge in [-0.15, -0.1) is 0 Å². The molecule has 0 aliphatic heterocycles. The summed E-state index contributed by atoms with van der Waals surface area (Å²) in [5, 5.41) is 0. The second-order valence-corrected chi connectivity index (χ2v) is 2.50. The molecule has 0 fully saturated rings. The predicted molar refractivity (Wildman–Crippen MR) is 49.5 cm³/mol. The van der Waals surface area contributed by atoms with Gasteiger partial charge < -0.3 is 13.9 Å². The van der Waals surface area contributed by atoms with Crippen LogP contribution in [0, 0.1) is 0 Å². The summed E-state index contributed by atoms with van der Waals surface area (Å²) < 4.78 is 14.9. The maximum atomic E-state index is 10.6. The van der Waals surface area contributed by atoms with Gasteiger partial charge in [0.1, 0.15) is 19.0 Å². The highest BCUT2D eigenvalue weighted by molar-refractivity contribution is 5.81. The Morgan fingerprint density at radius 1 is 1.57 bits per heavy atom. The van der Waals surface area contributed by atoms with E-state index in [9.17, 15) is 4.79 Å². The zero-order valence-electron chi connectivity index (χ0n) is 7.77. The first kappa shape index (κ1) is 10.5. The van der Waals surface area contributed by atoms with Crippen molar-refractivity contribution in [2.45, 2.75) is 6.61 Å². The van der Waals surface area contributed by atoms with E-state index in [4.69, 9.17) is 13.9 Å². The fourth-order valence-corrected chi connectivity index (χ4v) is 0.828. The molecule has 0 aliphatic carbocycles. The van der Waals surface area contributed by atoms with E-state index >= 15 is 0 Å². The van der Waals surface area contributed by atoms with Crippen LogP contribution in [0.25, 0.3) is 0 Å². The summed E-state index contributed by atoms with van der Waals surface area (Å²) in [6.07, 6.45) is 2.70. The van der Waals surface area contributed by atoms with Gasteiger partial charge in [0.15, 0.2) is 0 Å². The van der Waals surface area contributed by atoms with Crippen molar-refractivity contribution in [1.82, 2.24) is 0 Å². The van der Waals surface area contributed by atoms with Gasteiger partial charge in [-0.1, -0.05) is 6.58 Å². The summed E-state index contributed by atoms with van der Waals surface area (Å²) in [7, 11) is 0. The second-order valence-electron chi connectivity index (χ2n) is 2.50. The topological polar surface area (TPSA) is 48.7 Å². The average molecular weight is 196 g/mol. The molecule has 0 N–H and O–H groups in total. The van der Waals surface area contributed by atoms with Gasteiger partial charge >= 0.3 is 5.97 Å². The van der Waals surface area contributed by atoms with Crippen LogP contribution in [0.5, 0.6) is 0 Å². The van der Waals surface area contributed by atoms with Crippen LogP contribution in [0.15, 0.2) is 35.5 Å². The summed E-state index contributed by atoms with van der Waals surface area (Å²) in [6, 6.07) is 3.60. The number of hydrogen-bond acceptors (Lipinski definition) is 4. The van der Waals surface area contributed by atoms with E-state index in [-0.39, 0.29) is 6.61 Å². The molecule has 0 bridgehead atoms. The van der Waals surface area contributed by atoms with Crippen LogP contribution < -0.4 is 0 Å². The van der Waals surface area contributed by atoms with Gasteiger partial charge in [0, 0.05) is 6.08 Å². The third kappa shape index (κ3) is 3.91. The van der Waals surface area contributed by atoms with Crippen LogP contribution >= 0.6 is 0 Å². The molecule has 0 unspecified atom stereocenters. The molecule has 0 spiro atoms. The summed E-state index contributed by atoms with van der Waals surface area (Å²) in [4.78, 5) is 10.6. The summed E-state index contributed by atoms with van der Waals surface area (Å²) in [5.74, 6) is 0.312. The van der Waals surface area contributed by atoms with E-state index < -0.39 is 5.97 Å². The lowest BCUT2D eigenvalue weighted by atomic mass is 10.5. The number of carbonyl (C=O) groups is 1. The van der Waals surface area contributed by atoms with Crippen LogP contribution in [-0.2, 0) is 20.9 Å². The van der Waals surface area contributed by atoms with Crippen molar-refractivity contribution in [2.75, 3.05) is 13.2 Å². The monoisotopic (exact) mass is 196 g/mol. The smallest absolute Gasteiger partial charge is 0.330 e. The Hall–Kier alpha value is -1.55. The molecule has 0 radical (unpaired) electrons. The van der Waals surface area contributed by atoms with Crippen molar-refractivity contribution >= 4 is 5.97 Å². The van der Waals surface area contributed by atoms with Crippen molar-refractivity contribution < 1.29 is 18.7 Å². The highest BCUT2D eigenvalue weighted by Crippen LogP contribution is 2.01. The molecule has 1 heterocycles. The van der Waals surface area contributed by atoms with E-state index in [1.54, 1.807) is 12.3 Å². The Bertz CT molecular complexity index is 276. The maximum Gasteiger partial charge on any atom is 0.330 e. The van der Waals surface area contributed by atoms with Crippen LogP contribution in [0.3, 0.4) is 0 Å². The van der Waals surface area contributed by atoms with Crippen molar-refractivity contribution in [1.29, 1.82) is 0 Å². The number of rotatable bonds is 6. The van der Waals surface area contributed by atoms with Gasteiger partial charge in [-0.3, -0.25) is 0 Å². The standard InChI is InChI=1S/C10H12O4/c1-2-10(11)14-7-6-12-8-9-4-3-5-13-9/h2-5H,1,6-8H2. The molecule has 1 aromatic rings. The Morgan fingerprint density at radius 3 is 3.07 bits per heavy atom. The Balaban J connectivity index is 2.00. The minimum absolute atomic E-state index is 0.228. The number of carbonyl (C=O) groups excluding carboxylic acids is 1. The van der Waals surface area contributed by atoms with Crippen LogP contribution in [0.2, 0.25) is 0 Å². The lowest BCUT2D eigenvalue weighted by Crippen LogP contribution is -2.07. The van der Waals surface area contributed by atoms with Gasteiger partial charge in [-0.25, -0.2) is 4.79 Å². The van der Waals surface area contributed by atoms with Crippen molar-refractivity contribution in [2.24, 2.45) is 0 Å². The Kier molecular flexibility index (Phi) is 4.50. The van der Waals surface area contributed by atoms with Crippen molar-refractivity contribution in [3.05, 3.63) is 36.8 Å². The number of ether oxygens (including phenoxy) is 2. The third-order valence-electron chi connectivity index (χ3n) is 1.46. The van der Waals surface area contributed by atoms with Crippen LogP contribution in [0.4, 0.5) is 0 Å². The Morgan fingerprint density at radius 2 is 2.43 bits per heavy atom. The molecule has 0 saturated heterocycles. The molecule has 0 aliphatic rings. The van der Waals surface area contributed by atoms with Crippen molar-refractivity contribution in [3.8, 4) is 0 Å². The first-order chi connectivity index (χ1) is 6.83. The van der Waals surface area contributed by atoms with Crippen LogP contribution in [0.1, 0.15) is 5.76 Å². The second kappa shape index (κ2) is 5.99. The van der Waals surface area contributed by atoms with Gasteiger partial charge in [0.05, 0.1) is 12.9 Å². The molecular formula is C10H12O4. The lowest BCUT2D eigenvalue weighted by molar-refractivity contribution is -0.139. The zero-order valence-corrected chi connectivity index (χ0v) is 7.77. The first-order valence-corrected chi connectivity index (χ1v) is 4.22. The van der Waals surface area contributed by atoms with Gasteiger partial charge in [0.25, 0.3) is 0 Å². The molecule has 1 rings (SSSR count). The largest absolute Gasteiger partial charge is 0.467 e. The molecule has 14 heavy (non-hydrogen) atoms. The van der Waals surface area contributed by atoms with E-state index in [1.807, 2.05) is 6.07 Å². The van der Waals surface area contributed by atoms with Gasteiger partial charge in [-0.05, 0) is 12.1 Å². The molecule has 0 saturated carbocycles. The van der Waals surface area contributed by atoms with E-state index in [0.29, 0.717) is 13.2 Å². The normalized spacial score (nSPS) is 9.71. The third-order valence-corrected chi connectivity index (χ3v) is 1.46. The number of esters is 1. The average Bonchev–Trinajstić information content (AvgIpc) is 2.69. The molecule has 4 nitrogen and oxygen atoms in total. The maximum absolute atomic E-state index is 10.6. The van der Waals surface area contributed by atoms with E-state index in [2.05, 4.69) is 6.58 Å². The SMILES string of the molecule is C=CC(=O)OCCOCc1ccco1. The zero-order chi connectivity index (χ0) is 10.2. The number of hydrogen-bond donors (Lipinski definition) is 0. The quantitative estimate of drug-likeness (QED) is 0.393. The summed E-state index contributed by atoms with van der Waals surface area (Å²) >= 11 is 0. The highest BCUT2D eigenvalue weighted by atomic mass is 16.6. The fourth-order valence-electron chi connectivity index (χ4n) is 0.828. The van der Waals surface area contributed by atoms with E-state index in [1.165, 1.54) is 0 Å². The van der Waals surface area contributed by atoms with Gasteiger partial charge in [-0.2, -0.15) is 0 Å². The summed E-state index contributed by atoms with van der Waals surface area (Å²) in [6.45, 7) is 4.23. The minimum atomic E-state index is -0.438. The summed E-state index contributed by atoms with van der Waals surface area (Å²) in [5.41, 5.74) is 0. The fraction of sp³-hybridized carbons (Fsp3) is 0.300. The highest BCUT2D eigenvalue weighted by Gasteiger charge is 1.97. The van der Waals surface area contributed by atoms with Crippen molar-refractivity contribution in [3.63, 3.8) is 0 Å². The van der Waals surface area contributed by atoms with E-state index in [0.717, 1.165) is 11.8 Å². The van der Waals surface area contributed by atoms with Crippen LogP contribution in [-0.4, -0.2) is 19.2 Å². The molecular weight excluding hydrogens is 184 g/mol. The molecule has 0 amide bonds. The first-order valence-electron chi connectivity index (χ1n) is 4.22. The molecule has 76 valence electrons. The minimum Gasteiger partial charge on any atom is -0.467 e. The Labute approximate surface area is 82.1 Å². The van der Waals surface area contributed by atoms with Gasteiger partial charge in [0.2, 0.25) is 0 Å². The molecule has 1 aromatic heterocycles. The molecule has 0 atom stereocenters. The molecule has 4 heteroatoms.